The summed E-state index contributed by atoms with van der Waals surface area (Å²) in [6.07, 6.45) is 1.06. The monoisotopic (exact) mass is 414 g/mol. The van der Waals surface area contributed by atoms with Crippen molar-refractivity contribution in [2.24, 2.45) is 0 Å². The van der Waals surface area contributed by atoms with Crippen LogP contribution in [-0.4, -0.2) is 39.4 Å². The maximum Gasteiger partial charge on any atom is 0.120 e. The third-order valence-electron chi connectivity index (χ3n) is 5.13. The average molecular weight is 415 g/mol. The van der Waals surface area contributed by atoms with Crippen LogP contribution in [0.3, 0.4) is 0 Å². The summed E-state index contributed by atoms with van der Waals surface area (Å²) in [6, 6.07) is 27.1. The summed E-state index contributed by atoms with van der Waals surface area (Å²) in [5, 5.41) is 23.1. The van der Waals surface area contributed by atoms with Crippen LogP contribution in [0.1, 0.15) is 11.3 Å². The first-order chi connectivity index (χ1) is 15.2. The molecule has 0 radical (unpaired) electrons. The molecule has 0 saturated carbocycles. The minimum absolute atomic E-state index is 0.178. The van der Waals surface area contributed by atoms with E-state index in [1.165, 1.54) is 0 Å². The van der Waals surface area contributed by atoms with E-state index in [9.17, 15) is 10.2 Å². The molecule has 31 heavy (non-hydrogen) atoms. The van der Waals surface area contributed by atoms with Gasteiger partial charge in [-0.3, -0.25) is 9.88 Å². The van der Waals surface area contributed by atoms with E-state index in [0.29, 0.717) is 19.6 Å². The summed E-state index contributed by atoms with van der Waals surface area (Å²) in [7, 11) is 0. The molecule has 0 amide bonds. The maximum atomic E-state index is 10.7. The standard InChI is InChI=1S/C26H26N2O3/c29-24(19-31-25-13-12-20-7-1-2-8-21(20)15-25)18-28(17-23-10-5-6-14-27-23)16-22-9-3-4-11-26(22)30/h1-15,24,29-30H,16-19H2. The quantitative estimate of drug-likeness (QED) is 0.425. The van der Waals surface area contributed by atoms with Gasteiger partial charge in [0.15, 0.2) is 0 Å². The Kier molecular flexibility index (Phi) is 6.77. The molecule has 0 aliphatic carbocycles. The minimum atomic E-state index is -0.693. The van der Waals surface area contributed by atoms with E-state index >= 15 is 0 Å². The average Bonchev–Trinajstić information content (AvgIpc) is 2.80. The Morgan fingerprint density at radius 3 is 2.42 bits per heavy atom. The van der Waals surface area contributed by atoms with E-state index in [0.717, 1.165) is 27.8 Å². The number of aromatic nitrogens is 1. The van der Waals surface area contributed by atoms with E-state index in [1.54, 1.807) is 18.3 Å². The van der Waals surface area contributed by atoms with E-state index in [2.05, 4.69) is 16.0 Å². The Balaban J connectivity index is 1.41. The van der Waals surface area contributed by atoms with Crippen molar-refractivity contribution in [2.45, 2.75) is 19.2 Å². The third kappa shape index (κ3) is 5.81. The lowest BCUT2D eigenvalue weighted by atomic mass is 10.1. The molecule has 0 fully saturated rings. The number of fused-ring (bicyclic) bond motifs is 1. The van der Waals surface area contributed by atoms with Gasteiger partial charge >= 0.3 is 0 Å². The lowest BCUT2D eigenvalue weighted by molar-refractivity contribution is 0.0622. The Morgan fingerprint density at radius 2 is 1.61 bits per heavy atom. The number of aromatic hydroxyl groups is 1. The van der Waals surface area contributed by atoms with Crippen LogP contribution in [0.5, 0.6) is 11.5 Å². The van der Waals surface area contributed by atoms with Crippen molar-refractivity contribution < 1.29 is 14.9 Å². The second-order valence-corrected chi connectivity index (χ2v) is 7.59. The fourth-order valence-electron chi connectivity index (χ4n) is 3.59. The zero-order valence-corrected chi connectivity index (χ0v) is 17.3. The number of phenols is 1. The van der Waals surface area contributed by atoms with Gasteiger partial charge in [0.1, 0.15) is 24.2 Å². The molecule has 1 unspecified atom stereocenters. The molecule has 0 bridgehead atoms. The molecule has 0 spiro atoms. The molecule has 1 aromatic heterocycles. The number of pyridine rings is 1. The fourth-order valence-corrected chi connectivity index (χ4v) is 3.59. The van der Waals surface area contributed by atoms with Gasteiger partial charge in [-0.2, -0.15) is 0 Å². The predicted octanol–water partition coefficient (Wildman–Crippen LogP) is 4.38. The number of phenolic OH excluding ortho intramolecular Hbond substituents is 1. The Hall–Kier alpha value is -3.41. The highest BCUT2D eigenvalue weighted by molar-refractivity contribution is 5.83. The number of aliphatic hydroxyl groups excluding tert-OH is 1. The van der Waals surface area contributed by atoms with Crippen LogP contribution in [-0.2, 0) is 13.1 Å². The molecule has 2 N–H and O–H groups in total. The van der Waals surface area contributed by atoms with Crippen LogP contribution in [0, 0.1) is 0 Å². The van der Waals surface area contributed by atoms with Crippen molar-refractivity contribution in [2.75, 3.05) is 13.2 Å². The summed E-state index contributed by atoms with van der Waals surface area (Å²) in [6.45, 7) is 1.62. The summed E-state index contributed by atoms with van der Waals surface area (Å²) in [5.41, 5.74) is 1.71. The lowest BCUT2D eigenvalue weighted by Crippen LogP contribution is -2.35. The molecule has 0 aliphatic heterocycles. The van der Waals surface area contributed by atoms with Gasteiger partial charge in [-0.25, -0.2) is 0 Å². The van der Waals surface area contributed by atoms with Crippen molar-refractivity contribution in [1.29, 1.82) is 0 Å². The van der Waals surface area contributed by atoms with Crippen LogP contribution in [0.25, 0.3) is 10.8 Å². The molecule has 158 valence electrons. The lowest BCUT2D eigenvalue weighted by Gasteiger charge is -2.25. The van der Waals surface area contributed by atoms with Gasteiger partial charge < -0.3 is 14.9 Å². The maximum absolute atomic E-state index is 10.7. The van der Waals surface area contributed by atoms with E-state index in [-0.39, 0.29) is 12.4 Å². The number of rotatable bonds is 9. The van der Waals surface area contributed by atoms with Gasteiger partial charge in [0, 0.05) is 31.4 Å². The summed E-state index contributed by atoms with van der Waals surface area (Å²) in [5.74, 6) is 0.977. The van der Waals surface area contributed by atoms with Gasteiger partial charge in [-0.1, -0.05) is 54.6 Å². The van der Waals surface area contributed by atoms with E-state index < -0.39 is 6.10 Å². The van der Waals surface area contributed by atoms with Gasteiger partial charge in [0.25, 0.3) is 0 Å². The highest BCUT2D eigenvalue weighted by Gasteiger charge is 2.16. The van der Waals surface area contributed by atoms with Crippen LogP contribution < -0.4 is 4.74 Å². The first-order valence-electron chi connectivity index (χ1n) is 10.4. The highest BCUT2D eigenvalue weighted by Crippen LogP contribution is 2.21. The van der Waals surface area contributed by atoms with E-state index in [1.807, 2.05) is 66.7 Å². The first-order valence-corrected chi connectivity index (χ1v) is 10.4. The minimum Gasteiger partial charge on any atom is -0.508 e. The number of aliphatic hydroxyl groups is 1. The van der Waals surface area contributed by atoms with Crippen LogP contribution >= 0.6 is 0 Å². The van der Waals surface area contributed by atoms with Crippen molar-refractivity contribution in [3.8, 4) is 11.5 Å². The Bertz CT molecular complexity index is 1120. The molecular formula is C26H26N2O3. The smallest absolute Gasteiger partial charge is 0.120 e. The molecule has 1 atom stereocenters. The summed E-state index contributed by atoms with van der Waals surface area (Å²) in [4.78, 5) is 6.46. The molecule has 4 aromatic rings. The molecule has 0 saturated heterocycles. The molecule has 5 nitrogen and oxygen atoms in total. The van der Waals surface area contributed by atoms with Gasteiger partial charge in [0.2, 0.25) is 0 Å². The van der Waals surface area contributed by atoms with Gasteiger partial charge in [-0.05, 0) is 41.1 Å². The number of hydrogen-bond acceptors (Lipinski definition) is 5. The SMILES string of the molecule is Oc1ccccc1CN(Cc1ccccn1)CC(O)COc1ccc2ccccc2c1. The number of nitrogens with zero attached hydrogens (tertiary/aromatic N) is 2. The zero-order chi connectivity index (χ0) is 21.5. The van der Waals surface area contributed by atoms with Crippen molar-refractivity contribution in [1.82, 2.24) is 9.88 Å². The van der Waals surface area contributed by atoms with Crippen molar-refractivity contribution >= 4 is 10.8 Å². The third-order valence-corrected chi connectivity index (χ3v) is 5.13. The molecule has 3 aromatic carbocycles. The highest BCUT2D eigenvalue weighted by atomic mass is 16.5. The number of ether oxygens (including phenoxy) is 1. The van der Waals surface area contributed by atoms with Crippen LogP contribution in [0.15, 0.2) is 91.1 Å². The summed E-state index contributed by atoms with van der Waals surface area (Å²) >= 11 is 0. The summed E-state index contributed by atoms with van der Waals surface area (Å²) < 4.78 is 5.86. The Labute approximate surface area is 182 Å². The Morgan fingerprint density at radius 1 is 0.839 bits per heavy atom. The second kappa shape index (κ2) is 10.1. The first kappa shape index (κ1) is 20.8. The molecule has 1 heterocycles. The van der Waals surface area contributed by atoms with Crippen LogP contribution in [0.2, 0.25) is 0 Å². The molecular weight excluding hydrogens is 388 g/mol. The number of para-hydroxylation sites is 1. The normalized spacial score (nSPS) is 12.2. The van der Waals surface area contributed by atoms with Crippen molar-refractivity contribution in [3.63, 3.8) is 0 Å². The number of benzene rings is 3. The molecule has 0 aliphatic rings. The largest absolute Gasteiger partial charge is 0.508 e. The molecule has 4 rings (SSSR count). The van der Waals surface area contributed by atoms with Crippen LogP contribution in [0.4, 0.5) is 0 Å². The van der Waals surface area contributed by atoms with E-state index in [4.69, 9.17) is 4.74 Å². The fraction of sp³-hybridized carbons (Fsp3) is 0.192. The molecule has 5 heteroatoms. The topological polar surface area (TPSA) is 65.8 Å². The second-order valence-electron chi connectivity index (χ2n) is 7.59. The van der Waals surface area contributed by atoms with Gasteiger partial charge in [-0.15, -0.1) is 0 Å². The van der Waals surface area contributed by atoms with Gasteiger partial charge in [0.05, 0.1) is 5.69 Å². The van der Waals surface area contributed by atoms with Crippen molar-refractivity contribution in [3.05, 3.63) is 102 Å². The zero-order valence-electron chi connectivity index (χ0n) is 17.3. The number of hydrogen-bond donors (Lipinski definition) is 2. The predicted molar refractivity (Wildman–Crippen MR) is 122 cm³/mol.